The second-order valence-electron chi connectivity index (χ2n) is 6.71. The molecule has 0 aliphatic heterocycles. The predicted molar refractivity (Wildman–Crippen MR) is 128 cm³/mol. The zero-order valence-corrected chi connectivity index (χ0v) is 20.1. The molecule has 5 nitrogen and oxygen atoms in total. The number of hydrogen-bond donors (Lipinski definition) is 0. The van der Waals surface area contributed by atoms with Crippen molar-refractivity contribution in [2.75, 3.05) is 26.4 Å². The minimum atomic E-state index is 0.121. The first-order valence-corrected chi connectivity index (χ1v) is 11.0. The highest BCUT2D eigenvalue weighted by Crippen LogP contribution is 2.37. The Bertz CT molecular complexity index is 859. The van der Waals surface area contributed by atoms with Crippen molar-refractivity contribution in [3.8, 4) is 17.2 Å². The zero-order chi connectivity index (χ0) is 22.6. The highest BCUT2D eigenvalue weighted by atomic mass is 35.5. The van der Waals surface area contributed by atoms with Crippen LogP contribution in [0.1, 0.15) is 19.4 Å². The first-order chi connectivity index (χ1) is 14.8. The van der Waals surface area contributed by atoms with Gasteiger partial charge in [0.2, 0.25) is 0 Å². The normalized spacial score (nSPS) is 10.9. The zero-order valence-electron chi connectivity index (χ0n) is 17.1. The fourth-order valence-corrected chi connectivity index (χ4v) is 2.90. The van der Waals surface area contributed by atoms with E-state index < -0.39 is 0 Å². The van der Waals surface area contributed by atoms with Gasteiger partial charge in [-0.15, -0.1) is 0 Å². The lowest BCUT2D eigenvalue weighted by Crippen LogP contribution is -2.09. The Kier molecular flexibility index (Phi) is 11.2. The summed E-state index contributed by atoms with van der Waals surface area (Å²) >= 11 is 23.6. The van der Waals surface area contributed by atoms with Gasteiger partial charge in [0.15, 0.2) is 5.75 Å². The molecule has 2 rings (SSSR count). The third-order valence-corrected chi connectivity index (χ3v) is 4.49. The first-order valence-electron chi connectivity index (χ1n) is 9.49. The molecule has 0 spiro atoms. The van der Waals surface area contributed by atoms with E-state index in [4.69, 9.17) is 65.5 Å². The molecule has 0 aliphatic rings. The molecule has 0 N–H and O–H groups in total. The average molecular weight is 507 g/mol. The van der Waals surface area contributed by atoms with Crippen LogP contribution in [0.5, 0.6) is 17.2 Å². The van der Waals surface area contributed by atoms with Crippen LogP contribution in [0.4, 0.5) is 0 Å². The van der Waals surface area contributed by atoms with Crippen molar-refractivity contribution in [2.45, 2.75) is 13.8 Å². The molecule has 0 amide bonds. The van der Waals surface area contributed by atoms with Gasteiger partial charge in [0.25, 0.3) is 0 Å². The van der Waals surface area contributed by atoms with E-state index in [1.54, 1.807) is 18.3 Å². The lowest BCUT2D eigenvalue weighted by molar-refractivity contribution is 0.120. The van der Waals surface area contributed by atoms with Crippen LogP contribution in [0.2, 0.25) is 10.0 Å². The van der Waals surface area contributed by atoms with Gasteiger partial charge in [-0.25, -0.2) is 0 Å². The molecule has 0 saturated carbocycles. The molecule has 31 heavy (non-hydrogen) atoms. The fourth-order valence-electron chi connectivity index (χ4n) is 2.20. The van der Waals surface area contributed by atoms with Gasteiger partial charge in [-0.1, -0.05) is 65.4 Å². The number of hydrogen-bond acceptors (Lipinski definition) is 5. The number of ether oxygens (including phenoxy) is 3. The number of halogens is 4. The molecule has 2 aromatic rings. The SMILES string of the molecule is CC(C)CO/N=C/c1ccc(OCCOc2c(Cl)cc(OCC=C(Cl)Cl)cc2Cl)cc1. The Hall–Kier alpha value is -1.79. The molecule has 0 saturated heterocycles. The van der Waals surface area contributed by atoms with E-state index in [1.165, 1.54) is 6.08 Å². The van der Waals surface area contributed by atoms with Crippen molar-refractivity contribution < 1.29 is 19.0 Å². The molecule has 0 unspecified atom stereocenters. The van der Waals surface area contributed by atoms with Gasteiger partial charge < -0.3 is 19.0 Å². The lowest BCUT2D eigenvalue weighted by atomic mass is 10.2. The van der Waals surface area contributed by atoms with Crippen LogP contribution in [0.25, 0.3) is 0 Å². The molecule has 0 aliphatic carbocycles. The summed E-state index contributed by atoms with van der Waals surface area (Å²) in [6.45, 7) is 5.48. The Morgan fingerprint density at radius 2 is 1.58 bits per heavy atom. The monoisotopic (exact) mass is 505 g/mol. The van der Waals surface area contributed by atoms with Crippen molar-refractivity contribution in [3.63, 3.8) is 0 Å². The molecule has 0 bridgehead atoms. The number of benzene rings is 2. The minimum Gasteiger partial charge on any atom is -0.490 e. The molecule has 9 heteroatoms. The van der Waals surface area contributed by atoms with E-state index in [0.717, 1.165) is 5.56 Å². The number of nitrogens with zero attached hydrogens (tertiary/aromatic N) is 1. The Labute approximate surface area is 202 Å². The summed E-state index contributed by atoms with van der Waals surface area (Å²) < 4.78 is 16.9. The highest BCUT2D eigenvalue weighted by Gasteiger charge is 2.11. The van der Waals surface area contributed by atoms with Crippen LogP contribution >= 0.6 is 46.4 Å². The van der Waals surface area contributed by atoms with E-state index in [2.05, 4.69) is 19.0 Å². The van der Waals surface area contributed by atoms with Crippen molar-refractivity contribution >= 4 is 52.6 Å². The molecule has 0 fully saturated rings. The van der Waals surface area contributed by atoms with Crippen molar-refractivity contribution in [3.05, 3.63) is 62.6 Å². The van der Waals surface area contributed by atoms with Gasteiger partial charge >= 0.3 is 0 Å². The largest absolute Gasteiger partial charge is 0.490 e. The molecular formula is C22H23Cl4NO4. The summed E-state index contributed by atoms with van der Waals surface area (Å²) in [5, 5.41) is 4.58. The van der Waals surface area contributed by atoms with E-state index in [-0.39, 0.29) is 17.7 Å². The number of oxime groups is 1. The maximum Gasteiger partial charge on any atom is 0.156 e. The van der Waals surface area contributed by atoms with Gasteiger partial charge in [0, 0.05) is 12.1 Å². The third-order valence-electron chi connectivity index (χ3n) is 3.62. The van der Waals surface area contributed by atoms with Crippen LogP contribution in [-0.4, -0.2) is 32.6 Å². The molecule has 0 atom stereocenters. The van der Waals surface area contributed by atoms with E-state index in [0.29, 0.717) is 46.4 Å². The van der Waals surface area contributed by atoms with Crippen molar-refractivity contribution in [2.24, 2.45) is 11.1 Å². The molecule has 0 heterocycles. The Balaban J connectivity index is 1.78. The second kappa shape index (κ2) is 13.6. The van der Waals surface area contributed by atoms with Gasteiger partial charge in [-0.05, 0) is 41.8 Å². The summed E-state index contributed by atoms with van der Waals surface area (Å²) in [5.74, 6) is 1.97. The maximum absolute atomic E-state index is 6.24. The molecule has 0 aromatic heterocycles. The van der Waals surface area contributed by atoms with Crippen LogP contribution in [0.3, 0.4) is 0 Å². The van der Waals surface area contributed by atoms with E-state index in [1.807, 2.05) is 24.3 Å². The summed E-state index contributed by atoms with van der Waals surface area (Å²) in [6.07, 6.45) is 3.17. The van der Waals surface area contributed by atoms with Crippen molar-refractivity contribution in [1.82, 2.24) is 0 Å². The van der Waals surface area contributed by atoms with Crippen LogP contribution < -0.4 is 14.2 Å². The summed E-state index contributed by atoms with van der Waals surface area (Å²) in [4.78, 5) is 5.19. The van der Waals surface area contributed by atoms with Crippen LogP contribution in [0, 0.1) is 5.92 Å². The minimum absolute atomic E-state index is 0.121. The lowest BCUT2D eigenvalue weighted by Gasteiger charge is -2.13. The second-order valence-corrected chi connectivity index (χ2v) is 8.53. The fraction of sp³-hybridized carbons (Fsp3) is 0.318. The predicted octanol–water partition coefficient (Wildman–Crippen LogP) is 7.16. The molecule has 0 radical (unpaired) electrons. The third kappa shape index (κ3) is 9.92. The van der Waals surface area contributed by atoms with Crippen LogP contribution in [-0.2, 0) is 4.84 Å². The van der Waals surface area contributed by atoms with E-state index >= 15 is 0 Å². The van der Waals surface area contributed by atoms with E-state index in [9.17, 15) is 0 Å². The highest BCUT2D eigenvalue weighted by molar-refractivity contribution is 6.55. The van der Waals surface area contributed by atoms with Gasteiger partial charge in [0.1, 0.15) is 42.4 Å². The van der Waals surface area contributed by atoms with Gasteiger partial charge in [0.05, 0.1) is 16.3 Å². The van der Waals surface area contributed by atoms with Crippen LogP contribution in [0.15, 0.2) is 52.1 Å². The van der Waals surface area contributed by atoms with Gasteiger partial charge in [-0.3, -0.25) is 0 Å². The quantitative estimate of drug-likeness (QED) is 0.174. The molecule has 168 valence electrons. The Morgan fingerprint density at radius 1 is 0.935 bits per heavy atom. The summed E-state index contributed by atoms with van der Waals surface area (Å²) in [7, 11) is 0. The van der Waals surface area contributed by atoms with Gasteiger partial charge in [-0.2, -0.15) is 0 Å². The smallest absolute Gasteiger partial charge is 0.156 e. The topological polar surface area (TPSA) is 49.3 Å². The first kappa shape index (κ1) is 25.5. The Morgan fingerprint density at radius 3 is 2.19 bits per heavy atom. The maximum atomic E-state index is 6.24. The van der Waals surface area contributed by atoms with Crippen molar-refractivity contribution in [1.29, 1.82) is 0 Å². The molecule has 2 aromatic carbocycles. The molecular weight excluding hydrogens is 484 g/mol. The summed E-state index contributed by atoms with van der Waals surface area (Å²) in [6, 6.07) is 10.7. The standard InChI is InChI=1S/C22H23Cl4NO4/c1-15(2)14-31-27-13-16-3-5-17(6-4-16)29-9-10-30-22-19(23)11-18(12-20(22)24)28-8-7-21(25)26/h3-7,11-13,15H,8-10,14H2,1-2H3/b27-13+. The summed E-state index contributed by atoms with van der Waals surface area (Å²) in [5.41, 5.74) is 0.914. The average Bonchev–Trinajstić information content (AvgIpc) is 2.70. The number of rotatable bonds is 12.